The van der Waals surface area contributed by atoms with Crippen LogP contribution in [0, 0.1) is 0 Å². The predicted molar refractivity (Wildman–Crippen MR) is 116 cm³/mol. The molecule has 0 fully saturated rings. The van der Waals surface area contributed by atoms with Crippen molar-refractivity contribution in [1.82, 2.24) is 0 Å². The topological polar surface area (TPSA) is 0 Å². The summed E-state index contributed by atoms with van der Waals surface area (Å²) in [7, 11) is 0. The third-order valence-corrected chi connectivity index (χ3v) is 37.5. The standard InChI is InChI=1S/2C9H7.C7H9Si.2ClH.Hf/c2*1-2-5-9-7-3-6-8(9)4-1;1-8-7-5-3-2-4-6-7;;;/h2*1-7H;2-6,8H,1H3;2*1H;/q;;;;;+2/p-2. The van der Waals surface area contributed by atoms with E-state index in [9.17, 15) is 0 Å². The third-order valence-electron chi connectivity index (χ3n) is 6.12. The van der Waals surface area contributed by atoms with Crippen molar-refractivity contribution in [3.8, 4) is 0 Å². The molecular weight excluding hydrogens is 578 g/mol. The molecule has 0 radical (unpaired) electrons. The number of halogens is 2. The second kappa shape index (κ2) is 9.74. The van der Waals surface area contributed by atoms with E-state index in [0.717, 1.165) is 0 Å². The van der Waals surface area contributed by atoms with Crippen molar-refractivity contribution in [2.24, 2.45) is 0 Å². The summed E-state index contributed by atoms with van der Waals surface area (Å²) in [5.74, 6) is -0.989. The van der Waals surface area contributed by atoms with Gasteiger partial charge in [-0.25, -0.2) is 0 Å². The summed E-state index contributed by atoms with van der Waals surface area (Å²) in [4.78, 5) is 0. The van der Waals surface area contributed by atoms with Crippen molar-refractivity contribution in [3.63, 3.8) is 0 Å². The Hall–Kier alpha value is -1.19. The molecule has 3 aromatic carbocycles. The van der Waals surface area contributed by atoms with Gasteiger partial charge in [0.25, 0.3) is 0 Å². The van der Waals surface area contributed by atoms with E-state index >= 15 is 0 Å². The van der Waals surface area contributed by atoms with E-state index in [4.69, 9.17) is 0 Å². The van der Waals surface area contributed by atoms with E-state index in [0.29, 0.717) is 7.35 Å². The molecule has 0 aliphatic heterocycles. The van der Waals surface area contributed by atoms with Crippen molar-refractivity contribution >= 4 is 23.3 Å². The molecule has 0 aromatic heterocycles. The largest absolute Gasteiger partial charge is 1.00 e. The van der Waals surface area contributed by atoms with Gasteiger partial charge in [0.15, 0.2) is 0 Å². The molecule has 0 nitrogen and oxygen atoms in total. The SMILES string of the molecule is C[SiH](c1ccccc1)[Hf+2]([CH]1C=Cc2ccccc21)[CH]1C=Cc2ccccc21.[Cl-].[Cl-]. The van der Waals surface area contributed by atoms with Gasteiger partial charge in [0.1, 0.15) is 0 Å². The number of rotatable bonds is 4. The maximum atomic E-state index is 2.64. The minimum Gasteiger partial charge on any atom is -1.00 e. The van der Waals surface area contributed by atoms with Crippen LogP contribution in [0.1, 0.15) is 29.6 Å². The van der Waals surface area contributed by atoms with Crippen molar-refractivity contribution < 1.29 is 45.4 Å². The minimum absolute atomic E-state index is 0. The second-order valence-electron chi connectivity index (χ2n) is 7.56. The molecule has 3 atom stereocenters. The van der Waals surface area contributed by atoms with Crippen LogP contribution in [0.15, 0.2) is 91.0 Å². The normalized spacial score (nSPS) is 18.9. The molecule has 0 spiro atoms. The molecule has 29 heavy (non-hydrogen) atoms. The summed E-state index contributed by atoms with van der Waals surface area (Å²) in [6, 6.07) is 29.6. The molecular formula is C25H23Cl2HfSi. The molecule has 0 heterocycles. The zero-order chi connectivity index (χ0) is 18.2. The smallest absolute Gasteiger partial charge is 1.00 e. The van der Waals surface area contributed by atoms with Crippen LogP contribution < -0.4 is 30.0 Å². The molecule has 0 saturated carbocycles. The van der Waals surface area contributed by atoms with Gasteiger partial charge in [-0.3, -0.25) is 0 Å². The van der Waals surface area contributed by atoms with Crippen molar-refractivity contribution in [3.05, 3.63) is 113 Å². The summed E-state index contributed by atoms with van der Waals surface area (Å²) in [6.07, 6.45) is 9.91. The van der Waals surface area contributed by atoms with Crippen molar-refractivity contribution in [2.45, 2.75) is 13.9 Å². The maximum absolute atomic E-state index is 2.64. The first-order valence-corrected chi connectivity index (χ1v) is 22.5. The van der Waals surface area contributed by atoms with Crippen molar-refractivity contribution in [2.75, 3.05) is 0 Å². The molecule has 4 heteroatoms. The van der Waals surface area contributed by atoms with Crippen LogP contribution in [-0.2, 0) is 20.6 Å². The number of benzene rings is 3. The quantitative estimate of drug-likeness (QED) is 0.352. The Morgan fingerprint density at radius 2 is 1.07 bits per heavy atom. The first kappa shape index (κ1) is 22.5. The van der Waals surface area contributed by atoms with E-state index in [2.05, 4.69) is 110 Å². The molecule has 0 bridgehead atoms. The number of hydrogen-bond acceptors (Lipinski definition) is 0. The number of hydrogen-bond donors (Lipinski definition) is 0. The van der Waals surface area contributed by atoms with E-state index in [1.807, 2.05) is 0 Å². The van der Waals surface area contributed by atoms with Crippen LogP contribution in [0.25, 0.3) is 12.2 Å². The average Bonchev–Trinajstić information content (AvgIpc) is 3.34. The zero-order valence-corrected chi connectivity index (χ0v) is 22.6. The molecule has 0 amide bonds. The van der Waals surface area contributed by atoms with Gasteiger partial charge in [0, 0.05) is 0 Å². The Labute approximate surface area is 194 Å². The molecule has 2 aliphatic rings. The fourth-order valence-corrected chi connectivity index (χ4v) is 37.7. The van der Waals surface area contributed by atoms with E-state index < -0.39 is 26.6 Å². The van der Waals surface area contributed by atoms with Crippen LogP contribution in [0.3, 0.4) is 0 Å². The van der Waals surface area contributed by atoms with Gasteiger partial charge in [-0.2, -0.15) is 0 Å². The zero-order valence-electron chi connectivity index (χ0n) is 16.3. The van der Waals surface area contributed by atoms with Gasteiger partial charge in [-0.05, 0) is 0 Å². The summed E-state index contributed by atoms with van der Waals surface area (Å²) in [5.41, 5.74) is 6.12. The Bertz CT molecular complexity index is 970. The van der Waals surface area contributed by atoms with Gasteiger partial charge < -0.3 is 24.8 Å². The minimum atomic E-state index is -2.13. The van der Waals surface area contributed by atoms with Crippen LogP contribution in [0.2, 0.25) is 6.55 Å². The molecule has 3 unspecified atom stereocenters. The van der Waals surface area contributed by atoms with Gasteiger partial charge in [-0.15, -0.1) is 0 Å². The Kier molecular flexibility index (Phi) is 7.56. The fraction of sp³-hybridized carbons (Fsp3) is 0.120. The molecule has 3 aromatic rings. The third kappa shape index (κ3) is 4.18. The maximum Gasteiger partial charge on any atom is -1.00 e. The van der Waals surface area contributed by atoms with Gasteiger partial charge >= 0.3 is 171 Å². The van der Waals surface area contributed by atoms with E-state index in [1.165, 1.54) is 11.1 Å². The number of allylic oxidation sites excluding steroid dienone is 2. The average molecular weight is 601 g/mol. The van der Waals surface area contributed by atoms with Gasteiger partial charge in [0.2, 0.25) is 0 Å². The monoisotopic (exact) mass is 601 g/mol. The number of fused-ring (bicyclic) bond motifs is 2. The summed E-state index contributed by atoms with van der Waals surface area (Å²) < 4.78 is 1.43. The van der Waals surface area contributed by atoms with E-state index in [1.54, 1.807) is 16.3 Å². The first-order chi connectivity index (χ1) is 13.3. The van der Waals surface area contributed by atoms with Crippen LogP contribution >= 0.6 is 0 Å². The fourth-order valence-electron chi connectivity index (χ4n) is 4.75. The Morgan fingerprint density at radius 3 is 1.59 bits per heavy atom. The second-order valence-corrected chi connectivity index (χ2v) is 32.5. The van der Waals surface area contributed by atoms with Gasteiger partial charge in [0.05, 0.1) is 0 Å². The van der Waals surface area contributed by atoms with Gasteiger partial charge in [-0.1, -0.05) is 0 Å². The van der Waals surface area contributed by atoms with Crippen LogP contribution in [-0.4, -0.2) is 5.98 Å². The van der Waals surface area contributed by atoms with Crippen LogP contribution in [0.4, 0.5) is 0 Å². The first-order valence-electron chi connectivity index (χ1n) is 9.79. The van der Waals surface area contributed by atoms with E-state index in [-0.39, 0.29) is 24.8 Å². The summed E-state index contributed by atoms with van der Waals surface area (Å²) >= 11 is -2.13. The molecule has 145 valence electrons. The van der Waals surface area contributed by atoms with Crippen molar-refractivity contribution in [1.29, 1.82) is 0 Å². The predicted octanol–water partition coefficient (Wildman–Crippen LogP) is -0.590. The molecule has 2 aliphatic carbocycles. The molecule has 5 rings (SSSR count). The van der Waals surface area contributed by atoms with Crippen LogP contribution in [0.5, 0.6) is 0 Å². The molecule has 0 saturated heterocycles. The summed E-state index contributed by atoms with van der Waals surface area (Å²) in [5, 5.41) is 1.66. The molecule has 0 N–H and O–H groups in total. The Balaban J connectivity index is 0.00000120. The Morgan fingerprint density at radius 1 is 0.621 bits per heavy atom. The summed E-state index contributed by atoms with van der Waals surface area (Å²) in [6.45, 7) is 2.64.